The fourth-order valence-corrected chi connectivity index (χ4v) is 0.714. The Morgan fingerprint density at radius 2 is 1.75 bits per heavy atom. The molecule has 0 aromatic rings. The third kappa shape index (κ3) is 9.43. The standard InChI is InChI=1S/C9H18O3/c1-9(2,3)12-7-5-4-6-11-8-10/h8H,4-7H2,1-3H3. The Labute approximate surface area is 74.0 Å². The summed E-state index contributed by atoms with van der Waals surface area (Å²) in [5.41, 5.74) is -0.0640. The second-order valence-electron chi connectivity index (χ2n) is 3.63. The van der Waals surface area contributed by atoms with Gasteiger partial charge in [0.2, 0.25) is 0 Å². The first-order chi connectivity index (χ1) is 5.56. The van der Waals surface area contributed by atoms with Crippen molar-refractivity contribution < 1.29 is 14.3 Å². The van der Waals surface area contributed by atoms with Crippen LogP contribution in [0.3, 0.4) is 0 Å². The van der Waals surface area contributed by atoms with Crippen LogP contribution in [-0.2, 0) is 14.3 Å². The van der Waals surface area contributed by atoms with Crippen molar-refractivity contribution in [1.29, 1.82) is 0 Å². The number of hydrogen-bond donors (Lipinski definition) is 0. The van der Waals surface area contributed by atoms with Crippen LogP contribution in [0.4, 0.5) is 0 Å². The van der Waals surface area contributed by atoms with Gasteiger partial charge in [0, 0.05) is 6.61 Å². The Balaban J connectivity index is 3.06. The highest BCUT2D eigenvalue weighted by Gasteiger charge is 2.08. The van der Waals surface area contributed by atoms with Crippen LogP contribution in [0, 0.1) is 0 Å². The Bertz CT molecular complexity index is 115. The van der Waals surface area contributed by atoms with Gasteiger partial charge in [-0.1, -0.05) is 0 Å². The Hall–Kier alpha value is -0.570. The first-order valence-corrected chi connectivity index (χ1v) is 4.25. The number of carbonyl (C=O) groups is 1. The summed E-state index contributed by atoms with van der Waals surface area (Å²) < 4.78 is 10.00. The summed E-state index contributed by atoms with van der Waals surface area (Å²) in [5.74, 6) is 0. The van der Waals surface area contributed by atoms with Crippen molar-refractivity contribution in [3.8, 4) is 0 Å². The fourth-order valence-electron chi connectivity index (χ4n) is 0.714. The molecule has 0 aliphatic heterocycles. The Morgan fingerprint density at radius 1 is 1.17 bits per heavy atom. The van der Waals surface area contributed by atoms with Crippen molar-refractivity contribution in [2.75, 3.05) is 13.2 Å². The SMILES string of the molecule is CC(C)(C)OCCCCOC=O. The highest BCUT2D eigenvalue weighted by atomic mass is 16.5. The van der Waals surface area contributed by atoms with Gasteiger partial charge >= 0.3 is 0 Å². The van der Waals surface area contributed by atoms with E-state index in [0.717, 1.165) is 19.4 Å². The molecule has 0 saturated heterocycles. The lowest BCUT2D eigenvalue weighted by molar-refractivity contribution is -0.128. The quantitative estimate of drug-likeness (QED) is 0.454. The minimum absolute atomic E-state index is 0.0640. The van der Waals surface area contributed by atoms with Gasteiger partial charge in [-0.15, -0.1) is 0 Å². The van der Waals surface area contributed by atoms with E-state index in [4.69, 9.17) is 4.74 Å². The average molecular weight is 174 g/mol. The van der Waals surface area contributed by atoms with Gasteiger partial charge in [-0.25, -0.2) is 0 Å². The minimum Gasteiger partial charge on any atom is -0.468 e. The van der Waals surface area contributed by atoms with Crippen molar-refractivity contribution in [1.82, 2.24) is 0 Å². The molecule has 0 aromatic carbocycles. The summed E-state index contributed by atoms with van der Waals surface area (Å²) in [6.07, 6.45) is 1.81. The molecular weight excluding hydrogens is 156 g/mol. The van der Waals surface area contributed by atoms with Crippen LogP contribution in [0.1, 0.15) is 33.6 Å². The van der Waals surface area contributed by atoms with Gasteiger partial charge in [0.1, 0.15) is 0 Å². The van der Waals surface area contributed by atoms with E-state index >= 15 is 0 Å². The fraction of sp³-hybridized carbons (Fsp3) is 0.889. The minimum atomic E-state index is -0.0640. The molecule has 0 radical (unpaired) electrons. The summed E-state index contributed by atoms with van der Waals surface area (Å²) in [4.78, 5) is 9.74. The highest BCUT2D eigenvalue weighted by Crippen LogP contribution is 2.07. The normalized spacial score (nSPS) is 11.2. The predicted molar refractivity (Wildman–Crippen MR) is 47.0 cm³/mol. The molecule has 0 unspecified atom stereocenters. The van der Waals surface area contributed by atoms with E-state index in [9.17, 15) is 4.79 Å². The maximum atomic E-state index is 9.74. The molecule has 0 rings (SSSR count). The molecule has 0 fully saturated rings. The third-order valence-electron chi connectivity index (χ3n) is 1.26. The van der Waals surface area contributed by atoms with Crippen molar-refractivity contribution in [2.24, 2.45) is 0 Å². The van der Waals surface area contributed by atoms with Crippen LogP contribution >= 0.6 is 0 Å². The Morgan fingerprint density at radius 3 is 2.25 bits per heavy atom. The molecule has 0 bridgehead atoms. The van der Waals surface area contributed by atoms with Gasteiger partial charge in [-0.3, -0.25) is 4.79 Å². The maximum absolute atomic E-state index is 9.74. The number of carbonyl (C=O) groups excluding carboxylic acids is 1. The van der Waals surface area contributed by atoms with E-state index in [-0.39, 0.29) is 5.60 Å². The topological polar surface area (TPSA) is 35.5 Å². The lowest BCUT2D eigenvalue weighted by atomic mass is 10.2. The summed E-state index contributed by atoms with van der Waals surface area (Å²) in [6.45, 7) is 7.77. The molecule has 0 aromatic heterocycles. The predicted octanol–water partition coefficient (Wildman–Crippen LogP) is 1.75. The lowest BCUT2D eigenvalue weighted by Gasteiger charge is -2.19. The molecule has 0 spiro atoms. The first kappa shape index (κ1) is 11.4. The van der Waals surface area contributed by atoms with Crippen LogP contribution in [0.25, 0.3) is 0 Å². The van der Waals surface area contributed by atoms with Gasteiger partial charge in [0.25, 0.3) is 6.47 Å². The van der Waals surface area contributed by atoms with Crippen molar-refractivity contribution in [3.05, 3.63) is 0 Å². The van der Waals surface area contributed by atoms with Crippen LogP contribution in [-0.4, -0.2) is 25.3 Å². The molecule has 72 valence electrons. The second-order valence-corrected chi connectivity index (χ2v) is 3.63. The van der Waals surface area contributed by atoms with E-state index < -0.39 is 0 Å². The molecule has 0 heterocycles. The molecule has 12 heavy (non-hydrogen) atoms. The van der Waals surface area contributed by atoms with E-state index in [0.29, 0.717) is 13.1 Å². The molecule has 3 nitrogen and oxygen atoms in total. The van der Waals surface area contributed by atoms with E-state index in [1.807, 2.05) is 20.8 Å². The zero-order valence-electron chi connectivity index (χ0n) is 8.13. The summed E-state index contributed by atoms with van der Waals surface area (Å²) in [5, 5.41) is 0. The summed E-state index contributed by atoms with van der Waals surface area (Å²) >= 11 is 0. The number of ether oxygens (including phenoxy) is 2. The highest BCUT2D eigenvalue weighted by molar-refractivity contribution is 5.36. The second kappa shape index (κ2) is 6.00. The van der Waals surface area contributed by atoms with Gasteiger partial charge in [0.05, 0.1) is 12.2 Å². The average Bonchev–Trinajstić information content (AvgIpc) is 1.94. The number of rotatable bonds is 6. The van der Waals surface area contributed by atoms with Crippen LogP contribution in [0.5, 0.6) is 0 Å². The summed E-state index contributed by atoms with van der Waals surface area (Å²) in [7, 11) is 0. The van der Waals surface area contributed by atoms with Crippen molar-refractivity contribution >= 4 is 6.47 Å². The third-order valence-corrected chi connectivity index (χ3v) is 1.26. The molecule has 0 amide bonds. The molecular formula is C9H18O3. The summed E-state index contributed by atoms with van der Waals surface area (Å²) in [6, 6.07) is 0. The maximum Gasteiger partial charge on any atom is 0.293 e. The Kier molecular flexibility index (Phi) is 5.72. The van der Waals surface area contributed by atoms with Crippen molar-refractivity contribution in [3.63, 3.8) is 0 Å². The van der Waals surface area contributed by atoms with Gasteiger partial charge in [-0.05, 0) is 33.6 Å². The van der Waals surface area contributed by atoms with Gasteiger partial charge in [0.15, 0.2) is 0 Å². The smallest absolute Gasteiger partial charge is 0.293 e. The van der Waals surface area contributed by atoms with E-state index in [2.05, 4.69) is 4.74 Å². The lowest BCUT2D eigenvalue weighted by Crippen LogP contribution is -2.19. The molecule has 0 aliphatic carbocycles. The zero-order chi connectivity index (χ0) is 9.45. The number of unbranched alkanes of at least 4 members (excludes halogenated alkanes) is 1. The van der Waals surface area contributed by atoms with Gasteiger partial charge in [-0.2, -0.15) is 0 Å². The zero-order valence-corrected chi connectivity index (χ0v) is 8.13. The molecule has 0 N–H and O–H groups in total. The van der Waals surface area contributed by atoms with Crippen LogP contribution < -0.4 is 0 Å². The van der Waals surface area contributed by atoms with Crippen LogP contribution in [0.2, 0.25) is 0 Å². The number of hydrogen-bond acceptors (Lipinski definition) is 3. The van der Waals surface area contributed by atoms with E-state index in [1.54, 1.807) is 0 Å². The largest absolute Gasteiger partial charge is 0.468 e. The molecule has 0 saturated carbocycles. The molecule has 3 heteroatoms. The van der Waals surface area contributed by atoms with Crippen molar-refractivity contribution in [2.45, 2.75) is 39.2 Å². The monoisotopic (exact) mass is 174 g/mol. The van der Waals surface area contributed by atoms with Gasteiger partial charge < -0.3 is 9.47 Å². The van der Waals surface area contributed by atoms with Crippen LogP contribution in [0.15, 0.2) is 0 Å². The molecule has 0 atom stereocenters. The van der Waals surface area contributed by atoms with E-state index in [1.165, 1.54) is 0 Å². The molecule has 0 aliphatic rings. The first-order valence-electron chi connectivity index (χ1n) is 4.25.